The van der Waals surface area contributed by atoms with E-state index in [1.54, 1.807) is 24.3 Å². The van der Waals surface area contributed by atoms with Crippen molar-refractivity contribution in [1.82, 2.24) is 0 Å². The summed E-state index contributed by atoms with van der Waals surface area (Å²) < 4.78 is 49.5. The zero-order chi connectivity index (χ0) is 18.3. The summed E-state index contributed by atoms with van der Waals surface area (Å²) in [7, 11) is -4.70. The van der Waals surface area contributed by atoms with Crippen molar-refractivity contribution >= 4 is 21.3 Å². The van der Waals surface area contributed by atoms with Gasteiger partial charge in [0, 0.05) is 13.8 Å². The van der Waals surface area contributed by atoms with Crippen molar-refractivity contribution in [3.63, 3.8) is 0 Å². The molecule has 1 atom stereocenters. The van der Waals surface area contributed by atoms with Crippen LogP contribution >= 0.6 is 15.6 Å². The van der Waals surface area contributed by atoms with E-state index < -0.39 is 26.7 Å². The Kier molecular flexibility index (Phi) is 7.37. The van der Waals surface area contributed by atoms with Gasteiger partial charge in [0.15, 0.2) is 8.03 Å². The molecule has 1 saturated heterocycles. The molecule has 0 bridgehead atoms. The van der Waals surface area contributed by atoms with Gasteiger partial charge in [-0.3, -0.25) is 13.6 Å². The van der Waals surface area contributed by atoms with Crippen LogP contribution in [0.5, 0.6) is 0 Å². The van der Waals surface area contributed by atoms with E-state index in [0.29, 0.717) is 0 Å². The molecule has 140 valence electrons. The molecule has 1 heterocycles. The smallest absolute Gasteiger partial charge is 0.438 e. The van der Waals surface area contributed by atoms with Crippen LogP contribution in [0.25, 0.3) is 0 Å². The summed E-state index contributed by atoms with van der Waals surface area (Å²) in [4.78, 5) is 12.1. The SMILES string of the molecule is COCC1(CO[PH](C)=O)COP(=O)(C(=O)OCc2ccccc2)OC1. The summed E-state index contributed by atoms with van der Waals surface area (Å²) in [5.41, 5.74) is -1.05. The third-order valence-electron chi connectivity index (χ3n) is 3.54. The van der Waals surface area contributed by atoms with E-state index >= 15 is 0 Å². The third kappa shape index (κ3) is 5.74. The minimum Gasteiger partial charge on any atom is -0.452 e. The van der Waals surface area contributed by atoms with E-state index in [1.807, 2.05) is 6.07 Å². The monoisotopic (exact) mass is 392 g/mol. The third-order valence-corrected chi connectivity index (χ3v) is 5.61. The summed E-state index contributed by atoms with van der Waals surface area (Å²) in [6.07, 6.45) is 0. The molecule has 0 spiro atoms. The Bertz CT molecular complexity index is 636. The fourth-order valence-corrected chi connectivity index (χ4v) is 4.10. The molecular formula is C15H22O8P2. The number of methoxy groups -OCH3 is 1. The van der Waals surface area contributed by atoms with Crippen molar-refractivity contribution in [1.29, 1.82) is 0 Å². The Balaban J connectivity index is 1.94. The standard InChI is InChI=1S/C15H22O8P2/c1-19-9-15(10-21-24(2)17)11-22-25(18,23-12-15)14(16)20-8-13-6-4-3-5-7-13/h3-7,24H,8-12H2,1-2H3. The molecule has 2 rings (SSSR count). The van der Waals surface area contributed by atoms with Crippen molar-refractivity contribution in [2.75, 3.05) is 40.2 Å². The molecule has 0 saturated carbocycles. The lowest BCUT2D eigenvalue weighted by molar-refractivity contribution is -0.0555. The number of ether oxygens (including phenoxy) is 2. The Morgan fingerprint density at radius 3 is 2.44 bits per heavy atom. The van der Waals surface area contributed by atoms with Crippen LogP contribution in [0.15, 0.2) is 30.3 Å². The molecule has 1 aromatic rings. The van der Waals surface area contributed by atoms with E-state index in [-0.39, 0.29) is 33.0 Å². The van der Waals surface area contributed by atoms with Crippen molar-refractivity contribution in [2.45, 2.75) is 6.61 Å². The van der Waals surface area contributed by atoms with Gasteiger partial charge in [-0.25, -0.2) is 9.36 Å². The fourth-order valence-electron chi connectivity index (χ4n) is 2.20. The first-order valence-corrected chi connectivity index (χ1v) is 11.0. The summed E-state index contributed by atoms with van der Waals surface area (Å²) in [5, 5.41) is 0. The molecule has 1 unspecified atom stereocenters. The predicted molar refractivity (Wildman–Crippen MR) is 91.3 cm³/mol. The van der Waals surface area contributed by atoms with Gasteiger partial charge < -0.3 is 14.0 Å². The van der Waals surface area contributed by atoms with Gasteiger partial charge in [-0.15, -0.1) is 0 Å². The van der Waals surface area contributed by atoms with Crippen LogP contribution in [0, 0.1) is 5.41 Å². The molecule has 1 aliphatic rings. The highest BCUT2D eigenvalue weighted by atomic mass is 31.2. The van der Waals surface area contributed by atoms with Gasteiger partial charge in [-0.1, -0.05) is 30.3 Å². The van der Waals surface area contributed by atoms with Crippen LogP contribution in [-0.2, 0) is 38.8 Å². The zero-order valence-corrected chi connectivity index (χ0v) is 16.0. The van der Waals surface area contributed by atoms with Gasteiger partial charge in [-0.05, 0) is 5.56 Å². The van der Waals surface area contributed by atoms with Gasteiger partial charge in [-0.2, -0.15) is 0 Å². The highest BCUT2D eigenvalue weighted by Crippen LogP contribution is 2.55. The van der Waals surface area contributed by atoms with Crippen molar-refractivity contribution in [2.24, 2.45) is 5.41 Å². The number of carbonyl (C=O) groups excluding carboxylic acids is 1. The molecule has 0 aromatic heterocycles. The Morgan fingerprint density at radius 2 is 1.88 bits per heavy atom. The Labute approximate surface area is 147 Å². The second-order valence-electron chi connectivity index (χ2n) is 5.80. The first-order valence-electron chi connectivity index (χ1n) is 7.62. The Hall–Kier alpha value is -1.01. The van der Waals surface area contributed by atoms with Crippen molar-refractivity contribution < 1.29 is 37.0 Å². The maximum atomic E-state index is 12.5. The summed E-state index contributed by atoms with van der Waals surface area (Å²) in [5.74, 6) is 0. The van der Waals surface area contributed by atoms with Crippen LogP contribution in [0.1, 0.15) is 5.56 Å². The van der Waals surface area contributed by atoms with E-state index in [4.69, 9.17) is 23.0 Å². The van der Waals surface area contributed by atoms with Crippen LogP contribution < -0.4 is 0 Å². The fraction of sp³-hybridized carbons (Fsp3) is 0.533. The maximum absolute atomic E-state index is 12.5. The highest BCUT2D eigenvalue weighted by Gasteiger charge is 2.48. The molecule has 10 heteroatoms. The lowest BCUT2D eigenvalue weighted by Crippen LogP contribution is -2.43. The van der Waals surface area contributed by atoms with Crippen LogP contribution in [0.4, 0.5) is 4.79 Å². The topological polar surface area (TPSA) is 97.4 Å². The van der Waals surface area contributed by atoms with E-state index in [0.717, 1.165) is 5.56 Å². The van der Waals surface area contributed by atoms with Gasteiger partial charge in [0.1, 0.15) is 6.61 Å². The van der Waals surface area contributed by atoms with Gasteiger partial charge in [0.2, 0.25) is 0 Å². The molecule has 1 aliphatic heterocycles. The number of hydrogen-bond donors (Lipinski definition) is 0. The lowest BCUT2D eigenvalue weighted by Gasteiger charge is -2.37. The van der Waals surface area contributed by atoms with Gasteiger partial charge >= 0.3 is 13.3 Å². The maximum Gasteiger partial charge on any atom is 0.438 e. The molecule has 0 N–H and O–H groups in total. The largest absolute Gasteiger partial charge is 0.452 e. The van der Waals surface area contributed by atoms with Gasteiger partial charge in [0.05, 0.1) is 31.8 Å². The van der Waals surface area contributed by atoms with Crippen LogP contribution in [0.2, 0.25) is 0 Å². The van der Waals surface area contributed by atoms with E-state index in [2.05, 4.69) is 0 Å². The van der Waals surface area contributed by atoms with E-state index in [9.17, 15) is 13.9 Å². The second kappa shape index (κ2) is 9.08. The number of rotatable bonds is 8. The molecule has 0 aliphatic carbocycles. The quantitative estimate of drug-likeness (QED) is 0.622. The first kappa shape index (κ1) is 20.3. The summed E-state index contributed by atoms with van der Waals surface area (Å²) in [6.45, 7) is 1.48. The molecule has 8 nitrogen and oxygen atoms in total. The van der Waals surface area contributed by atoms with Crippen molar-refractivity contribution in [3.05, 3.63) is 35.9 Å². The zero-order valence-electron chi connectivity index (χ0n) is 14.1. The molecule has 25 heavy (non-hydrogen) atoms. The first-order chi connectivity index (χ1) is 11.9. The van der Waals surface area contributed by atoms with E-state index in [1.165, 1.54) is 13.8 Å². The molecule has 1 aromatic carbocycles. The number of hydrogen-bond acceptors (Lipinski definition) is 8. The van der Waals surface area contributed by atoms with Gasteiger partial charge in [0.25, 0.3) is 0 Å². The number of carbonyl (C=O) groups is 1. The predicted octanol–water partition coefficient (Wildman–Crippen LogP) is 3.32. The van der Waals surface area contributed by atoms with Crippen LogP contribution in [-0.4, -0.2) is 45.9 Å². The second-order valence-corrected chi connectivity index (χ2v) is 8.95. The number of benzene rings is 1. The minimum atomic E-state index is -4.03. The summed E-state index contributed by atoms with van der Waals surface area (Å²) >= 11 is 0. The normalized spacial score (nSPS) is 27.6. The lowest BCUT2D eigenvalue weighted by atomic mass is 9.93. The highest BCUT2D eigenvalue weighted by molar-refractivity contribution is 7.71. The molecule has 0 amide bonds. The molecule has 0 radical (unpaired) electrons. The minimum absolute atomic E-state index is 0.0273. The average Bonchev–Trinajstić information content (AvgIpc) is 2.61. The van der Waals surface area contributed by atoms with Crippen molar-refractivity contribution in [3.8, 4) is 0 Å². The average molecular weight is 392 g/mol. The van der Waals surface area contributed by atoms with Crippen LogP contribution in [0.3, 0.4) is 0 Å². The molecule has 1 fully saturated rings. The molecular weight excluding hydrogens is 370 g/mol. The summed E-state index contributed by atoms with van der Waals surface area (Å²) in [6, 6.07) is 9.00. The Morgan fingerprint density at radius 1 is 1.24 bits per heavy atom.